The Kier molecular flexibility index (Phi) is 5.66. The number of benzene rings is 1. The molecule has 0 aliphatic heterocycles. The van der Waals surface area contributed by atoms with Crippen LogP contribution in [0.2, 0.25) is 0 Å². The lowest BCUT2D eigenvalue weighted by Crippen LogP contribution is -1.91. The van der Waals surface area contributed by atoms with Gasteiger partial charge < -0.3 is 25.5 Å². The predicted molar refractivity (Wildman–Crippen MR) is 55.8 cm³/mol. The third-order valence-corrected chi connectivity index (χ3v) is 1.26. The highest BCUT2D eigenvalue weighted by Crippen LogP contribution is 2.23. The molecule has 0 spiro atoms. The zero-order valence-corrected chi connectivity index (χ0v) is 8.44. The highest BCUT2D eigenvalue weighted by molar-refractivity contribution is 5.89. The Hall–Kier alpha value is -2.70. The zero-order valence-electron chi connectivity index (χ0n) is 8.44. The normalized spacial score (nSPS) is 9.41. The van der Waals surface area contributed by atoms with Crippen LogP contribution in [0.4, 0.5) is 0 Å². The van der Waals surface area contributed by atoms with E-state index in [1.807, 2.05) is 0 Å². The molecule has 1 aromatic rings. The summed E-state index contributed by atoms with van der Waals surface area (Å²) in [7, 11) is 0. The van der Waals surface area contributed by atoms with Gasteiger partial charge in [-0.1, -0.05) is 0 Å². The molecule has 0 aliphatic carbocycles. The summed E-state index contributed by atoms with van der Waals surface area (Å²) < 4.78 is 0. The van der Waals surface area contributed by atoms with Crippen molar-refractivity contribution in [3.8, 4) is 17.2 Å². The van der Waals surface area contributed by atoms with Gasteiger partial charge in [0.05, 0.1) is 0 Å². The lowest BCUT2D eigenvalue weighted by Gasteiger charge is -1.94. The first-order valence-electron chi connectivity index (χ1n) is 4.17. The van der Waals surface area contributed by atoms with E-state index < -0.39 is 11.9 Å². The third kappa shape index (κ3) is 8.30. The fraction of sp³-hybridized carbons (Fsp3) is 0. The van der Waals surface area contributed by atoms with Crippen LogP contribution in [-0.4, -0.2) is 37.5 Å². The van der Waals surface area contributed by atoms with Crippen molar-refractivity contribution in [3.05, 3.63) is 30.4 Å². The fourth-order valence-electron chi connectivity index (χ4n) is 0.722. The van der Waals surface area contributed by atoms with Crippen molar-refractivity contribution in [1.29, 1.82) is 0 Å². The summed E-state index contributed by atoms with van der Waals surface area (Å²) in [4.78, 5) is 19.1. The van der Waals surface area contributed by atoms with Crippen LogP contribution in [0, 0.1) is 0 Å². The van der Waals surface area contributed by atoms with Crippen molar-refractivity contribution in [3.63, 3.8) is 0 Å². The van der Waals surface area contributed by atoms with Gasteiger partial charge >= 0.3 is 11.9 Å². The summed E-state index contributed by atoms with van der Waals surface area (Å²) in [6, 6.07) is 3.42. The van der Waals surface area contributed by atoms with Gasteiger partial charge in [-0.25, -0.2) is 9.59 Å². The Morgan fingerprint density at radius 1 is 0.765 bits per heavy atom. The largest absolute Gasteiger partial charge is 0.508 e. The molecule has 0 saturated carbocycles. The Morgan fingerprint density at radius 3 is 1.18 bits per heavy atom. The molecule has 5 N–H and O–H groups in total. The average Bonchev–Trinajstić information content (AvgIpc) is 2.13. The topological polar surface area (TPSA) is 135 Å². The predicted octanol–water partition coefficient (Wildman–Crippen LogP) is 0.515. The molecule has 7 nitrogen and oxygen atoms in total. The van der Waals surface area contributed by atoms with Gasteiger partial charge in [-0.2, -0.15) is 0 Å². The monoisotopic (exact) mass is 242 g/mol. The highest BCUT2D eigenvalue weighted by Gasteiger charge is 1.94. The number of carboxylic acids is 2. The number of hydrogen-bond acceptors (Lipinski definition) is 5. The molecule has 0 bridgehead atoms. The minimum Gasteiger partial charge on any atom is -0.508 e. The standard InChI is InChI=1S/C6H6O3.C4H4O4/c7-4-1-5(8)3-6(9)2-4;5-3(6)1-2-4(7)8/h1-3,7-9H;1-2H,(H,5,6)(H,7,8)/b;2-1+. The molecule has 0 heterocycles. The first-order valence-corrected chi connectivity index (χ1v) is 4.17. The van der Waals surface area contributed by atoms with Gasteiger partial charge in [0.1, 0.15) is 17.2 Å². The number of aliphatic carboxylic acids is 2. The number of hydrogen-bond donors (Lipinski definition) is 5. The minimum atomic E-state index is -1.26. The minimum absolute atomic E-state index is 0.146. The van der Waals surface area contributed by atoms with Gasteiger partial charge in [-0.15, -0.1) is 0 Å². The van der Waals surface area contributed by atoms with Gasteiger partial charge in [0, 0.05) is 30.4 Å². The number of carboxylic acid groups (broad SMARTS) is 2. The molecule has 7 heteroatoms. The second-order valence-corrected chi connectivity index (χ2v) is 2.72. The molecule has 0 aliphatic rings. The van der Waals surface area contributed by atoms with Crippen molar-refractivity contribution in [1.82, 2.24) is 0 Å². The summed E-state index contributed by atoms with van der Waals surface area (Å²) in [5.74, 6) is -2.95. The second-order valence-electron chi connectivity index (χ2n) is 2.72. The van der Waals surface area contributed by atoms with E-state index in [4.69, 9.17) is 25.5 Å². The van der Waals surface area contributed by atoms with E-state index in [1.54, 1.807) is 0 Å². The van der Waals surface area contributed by atoms with E-state index in [9.17, 15) is 9.59 Å². The molecule has 0 atom stereocenters. The molecule has 1 aromatic carbocycles. The molecule has 0 radical (unpaired) electrons. The Morgan fingerprint density at radius 2 is 1.00 bits per heavy atom. The SMILES string of the molecule is O=C(O)/C=C/C(=O)O.Oc1cc(O)cc(O)c1. The molecule has 92 valence electrons. The fourth-order valence-corrected chi connectivity index (χ4v) is 0.722. The lowest BCUT2D eigenvalue weighted by atomic mass is 10.3. The van der Waals surface area contributed by atoms with E-state index >= 15 is 0 Å². The van der Waals surface area contributed by atoms with Crippen molar-refractivity contribution < 1.29 is 35.1 Å². The van der Waals surface area contributed by atoms with E-state index in [0.29, 0.717) is 12.2 Å². The smallest absolute Gasteiger partial charge is 0.328 e. The Bertz CT molecular complexity index is 370. The molecule has 17 heavy (non-hydrogen) atoms. The van der Waals surface area contributed by atoms with Crippen molar-refractivity contribution in [2.45, 2.75) is 0 Å². The van der Waals surface area contributed by atoms with Gasteiger partial charge in [0.25, 0.3) is 0 Å². The van der Waals surface area contributed by atoms with Crippen LogP contribution in [0.3, 0.4) is 0 Å². The Balaban J connectivity index is 0.000000304. The number of carbonyl (C=O) groups is 2. The van der Waals surface area contributed by atoms with E-state index in [0.717, 1.165) is 18.2 Å². The van der Waals surface area contributed by atoms with Crippen LogP contribution >= 0.6 is 0 Å². The molecule has 0 saturated heterocycles. The van der Waals surface area contributed by atoms with Crippen LogP contribution in [0.5, 0.6) is 17.2 Å². The van der Waals surface area contributed by atoms with Gasteiger partial charge in [0.2, 0.25) is 0 Å². The van der Waals surface area contributed by atoms with Crippen LogP contribution in [-0.2, 0) is 9.59 Å². The van der Waals surface area contributed by atoms with E-state index in [2.05, 4.69) is 0 Å². The maximum Gasteiger partial charge on any atom is 0.328 e. The average molecular weight is 242 g/mol. The summed E-state index contributed by atoms with van der Waals surface area (Å²) in [5.41, 5.74) is 0. The van der Waals surface area contributed by atoms with Crippen LogP contribution in [0.1, 0.15) is 0 Å². The molecule has 0 fully saturated rings. The van der Waals surface area contributed by atoms with Crippen LogP contribution < -0.4 is 0 Å². The first kappa shape index (κ1) is 14.3. The second kappa shape index (κ2) is 6.72. The van der Waals surface area contributed by atoms with E-state index in [-0.39, 0.29) is 17.2 Å². The summed E-state index contributed by atoms with van der Waals surface area (Å²) in [6.07, 6.45) is 1.12. The Labute approximate surface area is 95.5 Å². The van der Waals surface area contributed by atoms with Gasteiger partial charge in [-0.05, 0) is 0 Å². The molecule has 0 amide bonds. The highest BCUT2D eigenvalue weighted by atomic mass is 16.4. The van der Waals surface area contributed by atoms with Crippen LogP contribution in [0.15, 0.2) is 30.4 Å². The summed E-state index contributed by atoms with van der Waals surface area (Å²) >= 11 is 0. The third-order valence-electron chi connectivity index (χ3n) is 1.26. The maximum absolute atomic E-state index is 9.55. The summed E-state index contributed by atoms with van der Waals surface area (Å²) in [6.45, 7) is 0. The lowest BCUT2D eigenvalue weighted by molar-refractivity contribution is -0.134. The van der Waals surface area contributed by atoms with Crippen molar-refractivity contribution >= 4 is 11.9 Å². The molecular formula is C10H10O7. The maximum atomic E-state index is 9.55. The van der Waals surface area contributed by atoms with Crippen molar-refractivity contribution in [2.24, 2.45) is 0 Å². The first-order chi connectivity index (χ1) is 7.81. The molecular weight excluding hydrogens is 232 g/mol. The number of aromatic hydroxyl groups is 3. The number of rotatable bonds is 2. The molecule has 1 rings (SSSR count). The molecule has 0 unspecified atom stereocenters. The van der Waals surface area contributed by atoms with Crippen LogP contribution in [0.25, 0.3) is 0 Å². The molecule has 0 aromatic heterocycles. The van der Waals surface area contributed by atoms with Gasteiger partial charge in [0.15, 0.2) is 0 Å². The number of phenols is 3. The zero-order chi connectivity index (χ0) is 13.4. The van der Waals surface area contributed by atoms with Crippen molar-refractivity contribution in [2.75, 3.05) is 0 Å². The summed E-state index contributed by atoms with van der Waals surface area (Å²) in [5, 5.41) is 41.6. The number of phenolic OH excluding ortho intramolecular Hbond substituents is 3. The van der Waals surface area contributed by atoms with E-state index in [1.165, 1.54) is 0 Å². The quantitative estimate of drug-likeness (QED) is 0.477. The van der Waals surface area contributed by atoms with Gasteiger partial charge in [-0.3, -0.25) is 0 Å².